The van der Waals surface area contributed by atoms with Crippen LogP contribution in [0, 0.1) is 0 Å². The number of carbonyl (C=O) groups is 1. The summed E-state index contributed by atoms with van der Waals surface area (Å²) in [4.78, 5) is 14.7. The number of hydrogen-bond donors (Lipinski definition) is 0. The van der Waals surface area contributed by atoms with Crippen molar-refractivity contribution in [2.24, 2.45) is 7.05 Å². The van der Waals surface area contributed by atoms with Gasteiger partial charge in [-0.2, -0.15) is 5.10 Å². The van der Waals surface area contributed by atoms with Crippen molar-refractivity contribution >= 4 is 6.29 Å². The van der Waals surface area contributed by atoms with Gasteiger partial charge in [-0.05, 0) is 12.1 Å². The Balaban J connectivity index is 2.61. The Hall–Kier alpha value is -1.97. The highest BCUT2D eigenvalue weighted by Crippen LogP contribution is 2.20. The van der Waals surface area contributed by atoms with Crippen LogP contribution >= 0.6 is 0 Å². The van der Waals surface area contributed by atoms with Gasteiger partial charge in [-0.3, -0.25) is 14.5 Å². The van der Waals surface area contributed by atoms with E-state index in [1.54, 1.807) is 23.3 Å². The predicted octanol–water partition coefficient (Wildman–Crippen LogP) is 1.29. The first-order valence-electron chi connectivity index (χ1n) is 4.20. The minimum atomic E-state index is 0.596. The van der Waals surface area contributed by atoms with Crippen LogP contribution in [0.4, 0.5) is 0 Å². The van der Waals surface area contributed by atoms with Crippen molar-refractivity contribution in [1.29, 1.82) is 0 Å². The second-order valence-electron chi connectivity index (χ2n) is 2.93. The molecule has 0 aliphatic rings. The van der Waals surface area contributed by atoms with Gasteiger partial charge in [0.2, 0.25) is 0 Å². The molecule has 70 valence electrons. The van der Waals surface area contributed by atoms with Gasteiger partial charge in [0.05, 0.1) is 17.5 Å². The highest BCUT2D eigenvalue weighted by atomic mass is 16.1. The topological polar surface area (TPSA) is 47.8 Å². The molecule has 0 amide bonds. The van der Waals surface area contributed by atoms with Crippen LogP contribution < -0.4 is 0 Å². The van der Waals surface area contributed by atoms with E-state index in [2.05, 4.69) is 10.1 Å². The molecule has 0 aliphatic carbocycles. The van der Waals surface area contributed by atoms with E-state index in [9.17, 15) is 4.79 Å². The van der Waals surface area contributed by atoms with E-state index >= 15 is 0 Å². The largest absolute Gasteiger partial charge is 0.298 e. The smallest absolute Gasteiger partial charge is 0.153 e. The Morgan fingerprint density at radius 3 is 2.71 bits per heavy atom. The van der Waals surface area contributed by atoms with Crippen molar-refractivity contribution in [3.8, 4) is 11.3 Å². The first-order valence-corrected chi connectivity index (χ1v) is 4.20. The lowest BCUT2D eigenvalue weighted by atomic mass is 10.1. The molecule has 0 saturated carbocycles. The molecular weight excluding hydrogens is 178 g/mol. The zero-order chi connectivity index (χ0) is 9.97. The number of pyridine rings is 1. The molecule has 0 aromatic carbocycles. The van der Waals surface area contributed by atoms with Gasteiger partial charge in [0.15, 0.2) is 6.29 Å². The van der Waals surface area contributed by atoms with Crippen molar-refractivity contribution in [3.63, 3.8) is 0 Å². The molecule has 0 spiro atoms. The van der Waals surface area contributed by atoms with E-state index in [-0.39, 0.29) is 0 Å². The summed E-state index contributed by atoms with van der Waals surface area (Å²) < 4.78 is 1.68. The van der Waals surface area contributed by atoms with E-state index in [4.69, 9.17) is 0 Å². The van der Waals surface area contributed by atoms with Crippen LogP contribution in [-0.4, -0.2) is 21.1 Å². The van der Waals surface area contributed by atoms with Crippen LogP contribution in [0.2, 0.25) is 0 Å². The average molecular weight is 187 g/mol. The summed E-state index contributed by atoms with van der Waals surface area (Å²) in [6.07, 6.45) is 5.75. The van der Waals surface area contributed by atoms with Crippen molar-refractivity contribution in [1.82, 2.24) is 14.8 Å². The number of carbonyl (C=O) groups excluding carboxylic acids is 1. The maximum absolute atomic E-state index is 10.7. The fraction of sp³-hybridized carbons (Fsp3) is 0.100. The second kappa shape index (κ2) is 3.41. The Morgan fingerprint density at radius 2 is 2.07 bits per heavy atom. The molecule has 0 saturated heterocycles. The third-order valence-corrected chi connectivity index (χ3v) is 2.05. The monoisotopic (exact) mass is 187 g/mol. The molecule has 14 heavy (non-hydrogen) atoms. The Labute approximate surface area is 81.2 Å². The van der Waals surface area contributed by atoms with Gasteiger partial charge in [-0.25, -0.2) is 0 Å². The van der Waals surface area contributed by atoms with Gasteiger partial charge in [0.25, 0.3) is 0 Å². The molecule has 2 aromatic heterocycles. The minimum absolute atomic E-state index is 0.596. The summed E-state index contributed by atoms with van der Waals surface area (Å²) in [7, 11) is 1.81. The van der Waals surface area contributed by atoms with E-state index < -0.39 is 0 Å². The SMILES string of the molecule is Cn1ncc(C=O)c1-c1ccncc1. The van der Waals surface area contributed by atoms with Gasteiger partial charge >= 0.3 is 0 Å². The molecule has 2 heterocycles. The molecule has 0 bridgehead atoms. The number of nitrogens with zero attached hydrogens (tertiary/aromatic N) is 3. The lowest BCUT2D eigenvalue weighted by molar-refractivity contribution is 0.112. The van der Waals surface area contributed by atoms with E-state index in [1.165, 1.54) is 0 Å². The zero-order valence-electron chi connectivity index (χ0n) is 7.71. The van der Waals surface area contributed by atoms with Crippen LogP contribution in [0.1, 0.15) is 10.4 Å². The third-order valence-electron chi connectivity index (χ3n) is 2.05. The summed E-state index contributed by atoms with van der Waals surface area (Å²) in [6, 6.07) is 3.70. The molecule has 0 aliphatic heterocycles. The number of rotatable bonds is 2. The van der Waals surface area contributed by atoms with E-state index in [0.717, 1.165) is 17.5 Å². The third kappa shape index (κ3) is 1.31. The fourth-order valence-corrected chi connectivity index (χ4v) is 1.40. The molecule has 4 heteroatoms. The number of hydrogen-bond acceptors (Lipinski definition) is 3. The van der Waals surface area contributed by atoms with Crippen LogP contribution in [0.25, 0.3) is 11.3 Å². The standard InChI is InChI=1S/C10H9N3O/c1-13-10(9(7-14)6-12-13)8-2-4-11-5-3-8/h2-7H,1H3. The normalized spacial score (nSPS) is 10.1. The molecule has 2 rings (SSSR count). The van der Waals surface area contributed by atoms with Gasteiger partial charge in [-0.15, -0.1) is 0 Å². The highest BCUT2D eigenvalue weighted by molar-refractivity contribution is 5.85. The fourth-order valence-electron chi connectivity index (χ4n) is 1.40. The molecule has 4 nitrogen and oxygen atoms in total. The van der Waals surface area contributed by atoms with Crippen LogP contribution in [0.3, 0.4) is 0 Å². The number of aldehydes is 1. The summed E-state index contributed by atoms with van der Waals surface area (Å²) in [6.45, 7) is 0. The molecule has 0 unspecified atom stereocenters. The summed E-state index contributed by atoms with van der Waals surface area (Å²) in [5, 5.41) is 4.03. The van der Waals surface area contributed by atoms with Gasteiger partial charge in [0.1, 0.15) is 0 Å². The summed E-state index contributed by atoms with van der Waals surface area (Å²) in [5.41, 5.74) is 2.36. The first-order chi connectivity index (χ1) is 6.83. The Morgan fingerprint density at radius 1 is 1.36 bits per heavy atom. The maximum atomic E-state index is 10.7. The molecule has 0 atom stereocenters. The van der Waals surface area contributed by atoms with Gasteiger partial charge < -0.3 is 0 Å². The maximum Gasteiger partial charge on any atom is 0.153 e. The summed E-state index contributed by atoms with van der Waals surface area (Å²) in [5.74, 6) is 0. The lowest BCUT2D eigenvalue weighted by Gasteiger charge is -2.01. The molecule has 0 fully saturated rings. The quantitative estimate of drug-likeness (QED) is 0.665. The zero-order valence-corrected chi connectivity index (χ0v) is 7.71. The highest BCUT2D eigenvalue weighted by Gasteiger charge is 2.08. The summed E-state index contributed by atoms with van der Waals surface area (Å²) >= 11 is 0. The molecule has 0 N–H and O–H groups in total. The lowest BCUT2D eigenvalue weighted by Crippen LogP contribution is -1.95. The second-order valence-corrected chi connectivity index (χ2v) is 2.93. The van der Waals surface area contributed by atoms with Crippen LogP contribution in [0.5, 0.6) is 0 Å². The van der Waals surface area contributed by atoms with Crippen molar-refractivity contribution in [2.45, 2.75) is 0 Å². The van der Waals surface area contributed by atoms with Crippen molar-refractivity contribution in [2.75, 3.05) is 0 Å². The van der Waals surface area contributed by atoms with E-state index in [0.29, 0.717) is 5.56 Å². The Kier molecular flexibility index (Phi) is 2.10. The minimum Gasteiger partial charge on any atom is -0.298 e. The van der Waals surface area contributed by atoms with E-state index in [1.807, 2.05) is 19.2 Å². The van der Waals surface area contributed by atoms with Crippen LogP contribution in [0.15, 0.2) is 30.7 Å². The number of aromatic nitrogens is 3. The van der Waals surface area contributed by atoms with Gasteiger partial charge in [-0.1, -0.05) is 0 Å². The molecule has 0 radical (unpaired) electrons. The van der Waals surface area contributed by atoms with Crippen LogP contribution in [-0.2, 0) is 7.05 Å². The van der Waals surface area contributed by atoms with Crippen molar-refractivity contribution in [3.05, 3.63) is 36.3 Å². The van der Waals surface area contributed by atoms with Crippen molar-refractivity contribution < 1.29 is 4.79 Å². The molecule has 2 aromatic rings. The van der Waals surface area contributed by atoms with Gasteiger partial charge in [0, 0.05) is 25.0 Å². The molecular formula is C10H9N3O. The predicted molar refractivity (Wildman–Crippen MR) is 51.8 cm³/mol. The Bertz CT molecular complexity index is 448. The number of aryl methyl sites for hydroxylation is 1. The first kappa shape index (κ1) is 8.62. The average Bonchev–Trinajstić information content (AvgIpc) is 2.61.